The summed E-state index contributed by atoms with van der Waals surface area (Å²) in [6.07, 6.45) is 10.4. The highest BCUT2D eigenvalue weighted by Crippen LogP contribution is 2.51. The molecule has 220 valence electrons. The van der Waals surface area contributed by atoms with E-state index in [4.69, 9.17) is 19.3 Å². The molecule has 12 heteroatoms. The average Bonchev–Trinajstić information content (AvgIpc) is 3.05. The van der Waals surface area contributed by atoms with Crippen LogP contribution in [0.4, 0.5) is 0 Å². The monoisotopic (exact) mass is 566 g/mol. The minimum absolute atomic E-state index is 0.0697. The number of amides is 1. The van der Waals surface area contributed by atoms with Gasteiger partial charge in [-0.25, -0.2) is 20.4 Å². The van der Waals surface area contributed by atoms with Gasteiger partial charge in [0.05, 0.1) is 19.8 Å². The molecule has 4 N–H and O–H groups in total. The molecular formula is C27H47N6O5P. The molecule has 2 fully saturated rings. The number of amidine groups is 1. The largest absolute Gasteiger partial charge is 0.475 e. The number of hydrogen-bond acceptors (Lipinski definition) is 10. The van der Waals surface area contributed by atoms with Crippen molar-refractivity contribution in [3.63, 3.8) is 0 Å². The fourth-order valence-corrected chi connectivity index (χ4v) is 7.95. The summed E-state index contributed by atoms with van der Waals surface area (Å²) in [4.78, 5) is 24.7. The van der Waals surface area contributed by atoms with Gasteiger partial charge in [-0.05, 0) is 57.3 Å². The molecule has 1 amide bonds. The third-order valence-electron chi connectivity index (χ3n) is 8.48. The van der Waals surface area contributed by atoms with Crippen molar-refractivity contribution in [2.24, 2.45) is 39.4 Å². The lowest BCUT2D eigenvalue weighted by atomic mass is 9.69. The Kier molecular flexibility index (Phi) is 10.8. The summed E-state index contributed by atoms with van der Waals surface area (Å²) in [5, 5.41) is 0. The van der Waals surface area contributed by atoms with Gasteiger partial charge in [-0.15, -0.1) is 0 Å². The van der Waals surface area contributed by atoms with Crippen molar-refractivity contribution >= 4 is 25.9 Å². The second kappa shape index (κ2) is 13.8. The zero-order valence-corrected chi connectivity index (χ0v) is 24.8. The van der Waals surface area contributed by atoms with Crippen LogP contribution >= 0.6 is 7.82 Å². The van der Waals surface area contributed by atoms with E-state index in [1.807, 2.05) is 0 Å². The van der Waals surface area contributed by atoms with Crippen LogP contribution in [0.25, 0.3) is 0 Å². The van der Waals surface area contributed by atoms with Gasteiger partial charge in [0.15, 0.2) is 0 Å². The molecule has 4 rings (SSSR count). The SMILES string of the molecule is CCOP(=O)(OCC)OC1CC(N)=NC=N[C@H]1NNCC1=CC2CCCC(C)C2C(=O)N1C1CCCCC1C. The number of nitrogens with two attached hydrogens (primary N) is 1. The number of phosphoric acid groups is 1. The highest BCUT2D eigenvalue weighted by atomic mass is 31.2. The highest BCUT2D eigenvalue weighted by Gasteiger charge is 2.45. The number of carbonyl (C=O) groups excluding carboxylic acids is 1. The predicted molar refractivity (Wildman–Crippen MR) is 152 cm³/mol. The molecule has 0 aromatic heterocycles. The zero-order chi connectivity index (χ0) is 28.0. The van der Waals surface area contributed by atoms with Gasteiger partial charge >= 0.3 is 7.82 Å². The van der Waals surface area contributed by atoms with Gasteiger partial charge in [0.25, 0.3) is 0 Å². The number of nitrogens with zero attached hydrogens (tertiary/aromatic N) is 3. The van der Waals surface area contributed by atoms with Crippen LogP contribution in [-0.4, -0.2) is 61.1 Å². The maximum atomic E-state index is 14.0. The lowest BCUT2D eigenvalue weighted by Crippen LogP contribution is -2.55. The topological polar surface area (TPSA) is 140 Å². The summed E-state index contributed by atoms with van der Waals surface area (Å²) >= 11 is 0. The Bertz CT molecular complexity index is 980. The van der Waals surface area contributed by atoms with Crippen LogP contribution < -0.4 is 16.6 Å². The number of phosphoric ester groups is 1. The Morgan fingerprint density at radius 2 is 1.79 bits per heavy atom. The molecule has 0 aromatic rings. The molecule has 0 spiro atoms. The first-order valence-electron chi connectivity index (χ1n) is 14.7. The number of hydrogen-bond donors (Lipinski definition) is 3. The van der Waals surface area contributed by atoms with E-state index < -0.39 is 20.1 Å². The Morgan fingerprint density at radius 3 is 2.51 bits per heavy atom. The number of hydrazine groups is 1. The lowest BCUT2D eigenvalue weighted by Gasteiger charge is -2.48. The van der Waals surface area contributed by atoms with Crippen LogP contribution in [-0.2, 0) is 22.9 Å². The Morgan fingerprint density at radius 1 is 1.08 bits per heavy atom. The first-order valence-corrected chi connectivity index (χ1v) is 16.2. The van der Waals surface area contributed by atoms with Crippen LogP contribution in [0.1, 0.15) is 79.1 Å². The third kappa shape index (κ3) is 7.37. The van der Waals surface area contributed by atoms with E-state index in [-0.39, 0.29) is 43.4 Å². The number of aliphatic imine (C=N–C) groups is 2. The van der Waals surface area contributed by atoms with E-state index >= 15 is 0 Å². The second-order valence-corrected chi connectivity index (χ2v) is 12.9. The summed E-state index contributed by atoms with van der Waals surface area (Å²) in [5.41, 5.74) is 13.5. The Labute approximate surface area is 233 Å². The molecule has 6 unspecified atom stereocenters. The lowest BCUT2D eigenvalue weighted by molar-refractivity contribution is -0.143. The summed E-state index contributed by atoms with van der Waals surface area (Å²) in [6, 6.07) is 0.220. The Hall–Kier alpha value is -1.62. The smallest absolute Gasteiger partial charge is 0.387 e. The molecule has 0 radical (unpaired) electrons. The number of allylic oxidation sites excluding steroid dienone is 1. The standard InChI is InChI=1S/C27H47N6O5P/c1-5-36-39(35,37-6-2)38-23-15-24(28)29-17-30-26(23)32-31-16-21-14-20-12-9-11-19(4)25(20)27(34)33(21)22-13-8-7-10-18(22)3/h14,17-20,22-23,25-26,31-32H,5-13,15-16H2,1-4H3,(H2,28,29,30)/t18?,19?,20?,22?,23?,25?,26-/m0/s1. The van der Waals surface area contributed by atoms with Crippen molar-refractivity contribution < 1.29 is 22.9 Å². The van der Waals surface area contributed by atoms with Crippen molar-refractivity contribution in [2.75, 3.05) is 19.8 Å². The van der Waals surface area contributed by atoms with E-state index in [1.54, 1.807) is 13.8 Å². The zero-order valence-electron chi connectivity index (χ0n) is 23.9. The van der Waals surface area contributed by atoms with E-state index in [1.165, 1.54) is 12.8 Å². The van der Waals surface area contributed by atoms with Crippen LogP contribution in [0.2, 0.25) is 0 Å². The first-order chi connectivity index (χ1) is 18.8. The van der Waals surface area contributed by atoms with Gasteiger partial charge in [0, 0.05) is 24.1 Å². The van der Waals surface area contributed by atoms with Gasteiger partial charge < -0.3 is 10.6 Å². The number of rotatable bonds is 11. The van der Waals surface area contributed by atoms with Crippen molar-refractivity contribution in [2.45, 2.75) is 97.4 Å². The van der Waals surface area contributed by atoms with Crippen molar-refractivity contribution in [3.05, 3.63) is 11.8 Å². The first kappa shape index (κ1) is 30.3. The molecule has 39 heavy (non-hydrogen) atoms. The van der Waals surface area contributed by atoms with Crippen LogP contribution in [0, 0.1) is 23.7 Å². The highest BCUT2D eigenvalue weighted by molar-refractivity contribution is 7.48. The minimum Gasteiger partial charge on any atom is -0.387 e. The maximum Gasteiger partial charge on any atom is 0.475 e. The summed E-state index contributed by atoms with van der Waals surface area (Å²) in [7, 11) is -3.81. The fraction of sp³-hybridized carbons (Fsp3) is 0.815. The van der Waals surface area contributed by atoms with E-state index in [2.05, 4.69) is 45.7 Å². The van der Waals surface area contributed by atoms with Gasteiger partial charge in [-0.2, -0.15) is 0 Å². The normalized spacial score (nSPS) is 33.8. The molecule has 2 aliphatic heterocycles. The molecular weight excluding hydrogens is 519 g/mol. The molecule has 2 heterocycles. The predicted octanol–water partition coefficient (Wildman–Crippen LogP) is 4.12. The van der Waals surface area contributed by atoms with Gasteiger partial charge in [-0.3, -0.25) is 23.4 Å². The second-order valence-electron chi connectivity index (χ2n) is 11.3. The number of carbonyl (C=O) groups is 1. The molecule has 0 saturated heterocycles. The van der Waals surface area contributed by atoms with Gasteiger partial charge in [0.2, 0.25) is 5.91 Å². The average molecular weight is 567 g/mol. The van der Waals surface area contributed by atoms with Crippen molar-refractivity contribution in [1.82, 2.24) is 15.8 Å². The molecule has 2 saturated carbocycles. The number of fused-ring (bicyclic) bond motifs is 1. The summed E-state index contributed by atoms with van der Waals surface area (Å²) in [6.45, 7) is 8.75. The molecule has 2 aliphatic carbocycles. The number of nitrogens with one attached hydrogen (secondary N) is 2. The molecule has 4 aliphatic rings. The van der Waals surface area contributed by atoms with Gasteiger partial charge in [0.1, 0.15) is 24.4 Å². The molecule has 11 nitrogen and oxygen atoms in total. The van der Waals surface area contributed by atoms with E-state index in [0.717, 1.165) is 44.2 Å². The van der Waals surface area contributed by atoms with E-state index in [0.29, 0.717) is 24.2 Å². The third-order valence-corrected chi connectivity index (χ3v) is 10.2. The quantitative estimate of drug-likeness (QED) is 0.251. The molecule has 0 bridgehead atoms. The summed E-state index contributed by atoms with van der Waals surface area (Å²) in [5.74, 6) is 1.80. The van der Waals surface area contributed by atoms with Crippen LogP contribution in [0.3, 0.4) is 0 Å². The van der Waals surface area contributed by atoms with Crippen molar-refractivity contribution in [1.29, 1.82) is 0 Å². The van der Waals surface area contributed by atoms with Crippen LogP contribution in [0.15, 0.2) is 21.8 Å². The van der Waals surface area contributed by atoms with E-state index in [9.17, 15) is 9.36 Å². The summed E-state index contributed by atoms with van der Waals surface area (Å²) < 4.78 is 29.6. The van der Waals surface area contributed by atoms with Gasteiger partial charge in [-0.1, -0.05) is 39.2 Å². The van der Waals surface area contributed by atoms with Crippen LogP contribution in [0.5, 0.6) is 0 Å². The van der Waals surface area contributed by atoms with Crippen molar-refractivity contribution in [3.8, 4) is 0 Å². The Balaban J connectivity index is 1.50. The molecule has 0 aromatic carbocycles. The fourth-order valence-electron chi connectivity index (χ4n) is 6.60. The molecule has 7 atom stereocenters. The minimum atomic E-state index is -3.81. The maximum absolute atomic E-state index is 14.0.